The van der Waals surface area contributed by atoms with Gasteiger partial charge in [-0.2, -0.15) is 5.26 Å². The number of carbonyl (C=O) groups is 2. The molecule has 1 aromatic heterocycles. The van der Waals surface area contributed by atoms with E-state index in [9.17, 15) is 14.9 Å². The maximum atomic E-state index is 12.1. The maximum Gasteiger partial charge on any atom is 0.265 e. The van der Waals surface area contributed by atoms with E-state index in [0.29, 0.717) is 17.3 Å². The highest BCUT2D eigenvalue weighted by Gasteiger charge is 2.36. The number of furan rings is 1. The molecule has 1 aromatic rings. The predicted molar refractivity (Wildman–Crippen MR) is 77.6 cm³/mol. The first kappa shape index (κ1) is 15.2. The van der Waals surface area contributed by atoms with Crippen LogP contribution in [0.5, 0.6) is 0 Å². The molecule has 1 unspecified atom stereocenters. The summed E-state index contributed by atoms with van der Waals surface area (Å²) in [6, 6.07) is 5.35. The molecule has 1 aliphatic rings. The molecule has 2 amide bonds. The molecular weight excluding hydrogens is 290 g/mol. The standard InChI is InChI=1S/C14H15N3O3S/c1-3-17-13(19)9(2)21-14(17)11(7-15)12(18)16-8-10-5-4-6-20-10/h4-6,9H,3,8H2,1-2H3,(H,16,18)/b14-11-. The number of carbonyl (C=O) groups excluding carboxylic acids is 2. The summed E-state index contributed by atoms with van der Waals surface area (Å²) in [7, 11) is 0. The molecule has 2 rings (SSSR count). The zero-order valence-corrected chi connectivity index (χ0v) is 12.6. The Labute approximate surface area is 126 Å². The molecule has 0 aromatic carbocycles. The quantitative estimate of drug-likeness (QED) is 0.674. The Bertz CT molecular complexity index is 616. The van der Waals surface area contributed by atoms with Crippen molar-refractivity contribution < 1.29 is 14.0 Å². The van der Waals surface area contributed by atoms with Crippen molar-refractivity contribution in [3.63, 3.8) is 0 Å². The van der Waals surface area contributed by atoms with Crippen molar-refractivity contribution in [2.24, 2.45) is 0 Å². The van der Waals surface area contributed by atoms with Gasteiger partial charge in [0.2, 0.25) is 5.91 Å². The molecule has 21 heavy (non-hydrogen) atoms. The van der Waals surface area contributed by atoms with Gasteiger partial charge in [-0.05, 0) is 26.0 Å². The first-order chi connectivity index (χ1) is 10.1. The molecular formula is C14H15N3O3S. The molecule has 0 aliphatic carbocycles. The number of nitrogens with zero attached hydrogens (tertiary/aromatic N) is 2. The van der Waals surface area contributed by atoms with Crippen LogP contribution >= 0.6 is 11.8 Å². The van der Waals surface area contributed by atoms with Crippen molar-refractivity contribution in [1.29, 1.82) is 5.26 Å². The second-order valence-electron chi connectivity index (χ2n) is 4.40. The van der Waals surface area contributed by atoms with Gasteiger partial charge in [-0.1, -0.05) is 11.8 Å². The average Bonchev–Trinajstić information content (AvgIpc) is 3.07. The maximum absolute atomic E-state index is 12.1. The van der Waals surface area contributed by atoms with E-state index in [0.717, 1.165) is 0 Å². The summed E-state index contributed by atoms with van der Waals surface area (Å²) in [6.45, 7) is 4.21. The number of amides is 2. The van der Waals surface area contributed by atoms with Gasteiger partial charge in [0.15, 0.2) is 0 Å². The van der Waals surface area contributed by atoms with Crippen molar-refractivity contribution in [3.05, 3.63) is 34.8 Å². The number of hydrogen-bond acceptors (Lipinski definition) is 5. The Morgan fingerprint density at radius 2 is 2.38 bits per heavy atom. The lowest BCUT2D eigenvalue weighted by Gasteiger charge is -2.15. The number of hydrogen-bond donors (Lipinski definition) is 1. The Kier molecular flexibility index (Phi) is 4.70. The van der Waals surface area contributed by atoms with Crippen molar-refractivity contribution >= 4 is 23.6 Å². The fraction of sp³-hybridized carbons (Fsp3) is 0.357. The minimum Gasteiger partial charge on any atom is -0.467 e. The summed E-state index contributed by atoms with van der Waals surface area (Å²) in [5.74, 6) is 0.0161. The summed E-state index contributed by atoms with van der Waals surface area (Å²) < 4.78 is 5.12. The molecule has 0 bridgehead atoms. The van der Waals surface area contributed by atoms with E-state index < -0.39 is 5.91 Å². The molecule has 0 saturated carbocycles. The summed E-state index contributed by atoms with van der Waals surface area (Å²) in [5.41, 5.74) is -0.0360. The minimum atomic E-state index is -0.503. The van der Waals surface area contributed by atoms with Gasteiger partial charge in [0, 0.05) is 6.54 Å². The van der Waals surface area contributed by atoms with E-state index in [2.05, 4.69) is 5.32 Å². The smallest absolute Gasteiger partial charge is 0.265 e. The first-order valence-electron chi connectivity index (χ1n) is 6.51. The summed E-state index contributed by atoms with van der Waals surface area (Å²) >= 11 is 1.24. The zero-order chi connectivity index (χ0) is 15.4. The normalized spacial score (nSPS) is 20.3. The third kappa shape index (κ3) is 3.11. The summed E-state index contributed by atoms with van der Waals surface area (Å²) in [5, 5.41) is 12.0. The van der Waals surface area contributed by atoms with Crippen LogP contribution in [0.2, 0.25) is 0 Å². The van der Waals surface area contributed by atoms with Crippen molar-refractivity contribution in [3.8, 4) is 6.07 Å². The molecule has 2 heterocycles. The summed E-state index contributed by atoms with van der Waals surface area (Å²) in [6.07, 6.45) is 1.51. The van der Waals surface area contributed by atoms with E-state index in [1.165, 1.54) is 22.9 Å². The molecule has 1 N–H and O–H groups in total. The van der Waals surface area contributed by atoms with Crippen LogP contribution in [0.15, 0.2) is 33.4 Å². The fourth-order valence-electron chi connectivity index (χ4n) is 1.96. The molecule has 7 heteroatoms. The van der Waals surface area contributed by atoms with Crippen LogP contribution < -0.4 is 5.32 Å². The molecule has 1 saturated heterocycles. The highest BCUT2D eigenvalue weighted by molar-refractivity contribution is 8.04. The van der Waals surface area contributed by atoms with Crippen LogP contribution in [-0.4, -0.2) is 28.5 Å². The first-order valence-corrected chi connectivity index (χ1v) is 7.39. The van der Waals surface area contributed by atoms with Crippen LogP contribution in [0.1, 0.15) is 19.6 Å². The van der Waals surface area contributed by atoms with Gasteiger partial charge < -0.3 is 14.6 Å². The Morgan fingerprint density at radius 3 is 2.95 bits per heavy atom. The van der Waals surface area contributed by atoms with Crippen LogP contribution in [0.4, 0.5) is 0 Å². The minimum absolute atomic E-state index is 0.0360. The fourth-order valence-corrected chi connectivity index (χ4v) is 3.12. The van der Waals surface area contributed by atoms with Gasteiger partial charge >= 0.3 is 0 Å². The van der Waals surface area contributed by atoms with Crippen LogP contribution in [0.3, 0.4) is 0 Å². The lowest BCUT2D eigenvalue weighted by Crippen LogP contribution is -2.30. The number of nitrogens with one attached hydrogen (secondary N) is 1. The third-order valence-electron chi connectivity index (χ3n) is 3.02. The SMILES string of the molecule is CCN1C(=O)C(C)S/C1=C(/C#N)C(=O)NCc1ccco1. The molecule has 1 fully saturated rings. The lowest BCUT2D eigenvalue weighted by atomic mass is 10.2. The molecule has 0 spiro atoms. The van der Waals surface area contributed by atoms with Gasteiger partial charge in [0.25, 0.3) is 5.91 Å². The van der Waals surface area contributed by atoms with Crippen LogP contribution in [-0.2, 0) is 16.1 Å². The molecule has 1 atom stereocenters. The van der Waals surface area contributed by atoms with E-state index in [1.54, 1.807) is 19.1 Å². The largest absolute Gasteiger partial charge is 0.467 e. The second kappa shape index (κ2) is 6.50. The molecule has 1 aliphatic heterocycles. The summed E-state index contributed by atoms with van der Waals surface area (Å²) in [4.78, 5) is 25.6. The van der Waals surface area contributed by atoms with Crippen molar-refractivity contribution in [2.75, 3.05) is 6.54 Å². The molecule has 110 valence electrons. The van der Waals surface area contributed by atoms with Gasteiger partial charge in [-0.15, -0.1) is 0 Å². The Hall–Kier alpha value is -2.20. The second-order valence-corrected chi connectivity index (χ2v) is 5.73. The van der Waals surface area contributed by atoms with Crippen LogP contribution in [0, 0.1) is 11.3 Å². The molecule has 0 radical (unpaired) electrons. The van der Waals surface area contributed by atoms with E-state index >= 15 is 0 Å². The topological polar surface area (TPSA) is 86.3 Å². The Morgan fingerprint density at radius 1 is 1.62 bits per heavy atom. The molecule has 6 nitrogen and oxygen atoms in total. The van der Waals surface area contributed by atoms with Gasteiger partial charge in [-0.3, -0.25) is 9.59 Å². The van der Waals surface area contributed by atoms with Gasteiger partial charge in [-0.25, -0.2) is 0 Å². The number of thioether (sulfide) groups is 1. The Balaban J connectivity index is 2.18. The average molecular weight is 305 g/mol. The van der Waals surface area contributed by atoms with E-state index in [1.807, 2.05) is 13.0 Å². The highest BCUT2D eigenvalue weighted by Crippen LogP contribution is 2.36. The van der Waals surface area contributed by atoms with Gasteiger partial charge in [0.05, 0.1) is 18.1 Å². The zero-order valence-electron chi connectivity index (χ0n) is 11.8. The van der Waals surface area contributed by atoms with E-state index in [-0.39, 0.29) is 23.3 Å². The van der Waals surface area contributed by atoms with E-state index in [4.69, 9.17) is 4.42 Å². The van der Waals surface area contributed by atoms with Crippen molar-refractivity contribution in [1.82, 2.24) is 10.2 Å². The number of nitriles is 1. The predicted octanol–water partition coefficient (Wildman–Crippen LogP) is 1.61. The third-order valence-corrected chi connectivity index (χ3v) is 4.22. The van der Waals surface area contributed by atoms with Crippen LogP contribution in [0.25, 0.3) is 0 Å². The monoisotopic (exact) mass is 305 g/mol. The lowest BCUT2D eigenvalue weighted by molar-refractivity contribution is -0.127. The van der Waals surface area contributed by atoms with Gasteiger partial charge in [0.1, 0.15) is 22.4 Å². The number of rotatable bonds is 4. The van der Waals surface area contributed by atoms with Crippen molar-refractivity contribution in [2.45, 2.75) is 25.6 Å². The highest BCUT2D eigenvalue weighted by atomic mass is 32.2.